The zero-order valence-corrected chi connectivity index (χ0v) is 17.4. The molecule has 1 aromatic carbocycles. The zero-order chi connectivity index (χ0) is 18.3. The fourth-order valence-corrected chi connectivity index (χ4v) is 3.99. The van der Waals surface area contributed by atoms with Crippen LogP contribution >= 0.6 is 12.4 Å². The molecular formula is C23H28ClN3. The predicted octanol–water partition coefficient (Wildman–Crippen LogP) is 5.60. The smallest absolute Gasteiger partial charge is 0.153 e. The Kier molecular flexibility index (Phi) is 5.61. The maximum Gasteiger partial charge on any atom is 0.153 e. The van der Waals surface area contributed by atoms with Crippen LogP contribution in [0.3, 0.4) is 0 Å². The van der Waals surface area contributed by atoms with Crippen LogP contribution in [0.25, 0.3) is 10.9 Å². The van der Waals surface area contributed by atoms with E-state index in [9.17, 15) is 0 Å². The van der Waals surface area contributed by atoms with Crippen molar-refractivity contribution in [2.75, 3.05) is 11.4 Å². The number of anilines is 1. The number of halogens is 1. The third kappa shape index (κ3) is 3.49. The molecule has 0 fully saturated rings. The molecule has 0 aliphatic carbocycles. The molecule has 0 bridgehead atoms. The number of hydrogen-bond acceptors (Lipinski definition) is 2. The van der Waals surface area contributed by atoms with E-state index in [0.717, 1.165) is 31.9 Å². The Bertz CT molecular complexity index is 996. The minimum Gasteiger partial charge on any atom is -0.350 e. The number of hydrogen-bond donors (Lipinski definition) is 0. The second-order valence-electron chi connectivity index (χ2n) is 7.57. The van der Waals surface area contributed by atoms with Crippen LogP contribution in [0, 0.1) is 13.8 Å². The Morgan fingerprint density at radius 1 is 1.11 bits per heavy atom. The molecule has 3 heterocycles. The lowest BCUT2D eigenvalue weighted by Crippen LogP contribution is -2.31. The molecule has 0 unspecified atom stereocenters. The molecule has 142 valence electrons. The summed E-state index contributed by atoms with van der Waals surface area (Å²) in [6, 6.07) is 11.0. The zero-order valence-electron chi connectivity index (χ0n) is 16.6. The highest BCUT2D eigenvalue weighted by atomic mass is 35.5. The van der Waals surface area contributed by atoms with E-state index >= 15 is 0 Å². The Hall–Kier alpha value is -2.26. The third-order valence-electron chi connectivity index (χ3n) is 5.64. The Morgan fingerprint density at radius 3 is 2.59 bits per heavy atom. The molecule has 3 nitrogen and oxygen atoms in total. The fourth-order valence-electron chi connectivity index (χ4n) is 3.99. The predicted molar refractivity (Wildman–Crippen MR) is 117 cm³/mol. The van der Waals surface area contributed by atoms with E-state index < -0.39 is 0 Å². The highest BCUT2D eigenvalue weighted by molar-refractivity contribution is 5.93. The molecule has 4 rings (SSSR count). The summed E-state index contributed by atoms with van der Waals surface area (Å²) < 4.78 is 2.43. The standard InChI is InChI=1S/C23H27N3.ClH/c1-16(2)10-14-26-18(4)17(3)21-9-12-24-23(22(21)26)25-13-11-19-7-5-6-8-20(19)15-25;/h5-10,12H,11,13-15H2,1-4H3;1H. The molecule has 0 atom stereocenters. The van der Waals surface area contributed by atoms with Crippen LogP contribution in [-0.4, -0.2) is 16.1 Å². The van der Waals surface area contributed by atoms with Gasteiger partial charge in [0.1, 0.15) is 0 Å². The maximum atomic E-state index is 4.83. The van der Waals surface area contributed by atoms with Crippen LogP contribution < -0.4 is 4.90 Å². The molecule has 1 aliphatic rings. The van der Waals surface area contributed by atoms with Gasteiger partial charge in [0.05, 0.1) is 5.52 Å². The molecule has 1 aliphatic heterocycles. The fraction of sp³-hybridized carbons (Fsp3) is 0.348. The van der Waals surface area contributed by atoms with Crippen molar-refractivity contribution >= 4 is 29.1 Å². The van der Waals surface area contributed by atoms with E-state index in [-0.39, 0.29) is 12.4 Å². The molecule has 0 amide bonds. The van der Waals surface area contributed by atoms with E-state index in [1.54, 1.807) is 0 Å². The number of pyridine rings is 1. The van der Waals surface area contributed by atoms with Gasteiger partial charge in [-0.25, -0.2) is 4.98 Å². The van der Waals surface area contributed by atoms with Crippen molar-refractivity contribution in [3.63, 3.8) is 0 Å². The van der Waals surface area contributed by atoms with Gasteiger partial charge in [0.2, 0.25) is 0 Å². The van der Waals surface area contributed by atoms with Gasteiger partial charge in [-0.15, -0.1) is 12.4 Å². The van der Waals surface area contributed by atoms with Gasteiger partial charge in [0, 0.05) is 36.9 Å². The van der Waals surface area contributed by atoms with Gasteiger partial charge in [-0.1, -0.05) is 35.9 Å². The molecule has 4 heteroatoms. The summed E-state index contributed by atoms with van der Waals surface area (Å²) in [5.41, 5.74) is 8.23. The second kappa shape index (κ2) is 7.77. The van der Waals surface area contributed by atoms with Gasteiger partial charge >= 0.3 is 0 Å². The minimum absolute atomic E-state index is 0. The summed E-state index contributed by atoms with van der Waals surface area (Å²) in [7, 11) is 0. The molecule has 0 saturated heterocycles. The average molecular weight is 382 g/mol. The van der Waals surface area contributed by atoms with Gasteiger partial charge in [-0.05, 0) is 56.9 Å². The molecule has 0 spiro atoms. The molecule has 0 saturated carbocycles. The average Bonchev–Trinajstić information content (AvgIpc) is 2.90. The summed E-state index contributed by atoms with van der Waals surface area (Å²) in [6.07, 6.45) is 5.35. The van der Waals surface area contributed by atoms with Gasteiger partial charge in [0.25, 0.3) is 0 Å². The van der Waals surface area contributed by atoms with Crippen molar-refractivity contribution in [2.24, 2.45) is 0 Å². The van der Waals surface area contributed by atoms with Crippen molar-refractivity contribution in [2.45, 2.75) is 47.2 Å². The van der Waals surface area contributed by atoms with Crippen LogP contribution in [0.4, 0.5) is 5.82 Å². The minimum atomic E-state index is 0. The monoisotopic (exact) mass is 381 g/mol. The number of fused-ring (bicyclic) bond motifs is 2. The number of benzene rings is 1. The van der Waals surface area contributed by atoms with Crippen LogP contribution in [0.15, 0.2) is 48.2 Å². The van der Waals surface area contributed by atoms with Crippen LogP contribution in [0.2, 0.25) is 0 Å². The van der Waals surface area contributed by atoms with Crippen molar-refractivity contribution < 1.29 is 0 Å². The summed E-state index contributed by atoms with van der Waals surface area (Å²) in [5.74, 6) is 1.12. The van der Waals surface area contributed by atoms with Crippen LogP contribution in [-0.2, 0) is 19.5 Å². The van der Waals surface area contributed by atoms with Gasteiger partial charge in [-0.2, -0.15) is 0 Å². The quantitative estimate of drug-likeness (QED) is 0.550. The van der Waals surface area contributed by atoms with E-state index in [1.807, 2.05) is 6.20 Å². The lowest BCUT2D eigenvalue weighted by Gasteiger charge is -2.30. The lowest BCUT2D eigenvalue weighted by atomic mass is 10.00. The number of aromatic nitrogens is 2. The number of nitrogens with zero attached hydrogens (tertiary/aromatic N) is 3. The third-order valence-corrected chi connectivity index (χ3v) is 5.64. The molecular weight excluding hydrogens is 354 g/mol. The highest BCUT2D eigenvalue weighted by Crippen LogP contribution is 2.33. The topological polar surface area (TPSA) is 21.1 Å². The van der Waals surface area contributed by atoms with Crippen molar-refractivity contribution in [1.29, 1.82) is 0 Å². The number of rotatable bonds is 3. The first-order valence-electron chi connectivity index (χ1n) is 9.45. The first-order chi connectivity index (χ1) is 12.6. The lowest BCUT2D eigenvalue weighted by molar-refractivity contribution is 0.718. The summed E-state index contributed by atoms with van der Waals surface area (Å²) >= 11 is 0. The molecule has 0 N–H and O–H groups in total. The van der Waals surface area contributed by atoms with E-state index in [4.69, 9.17) is 4.98 Å². The summed E-state index contributed by atoms with van der Waals surface area (Å²) in [6.45, 7) is 11.6. The first kappa shape index (κ1) is 19.5. The van der Waals surface area contributed by atoms with Crippen molar-refractivity contribution in [3.05, 3.63) is 70.6 Å². The largest absolute Gasteiger partial charge is 0.350 e. The normalized spacial score (nSPS) is 13.3. The van der Waals surface area contributed by atoms with Gasteiger partial charge < -0.3 is 9.47 Å². The second-order valence-corrected chi connectivity index (χ2v) is 7.57. The Balaban J connectivity index is 0.00000210. The summed E-state index contributed by atoms with van der Waals surface area (Å²) in [4.78, 5) is 7.28. The van der Waals surface area contributed by atoms with Gasteiger partial charge in [0.15, 0.2) is 5.82 Å². The molecule has 3 aromatic rings. The van der Waals surface area contributed by atoms with Crippen molar-refractivity contribution in [3.8, 4) is 0 Å². The maximum absolute atomic E-state index is 4.83. The highest BCUT2D eigenvalue weighted by Gasteiger charge is 2.22. The summed E-state index contributed by atoms with van der Waals surface area (Å²) in [5, 5.41) is 1.33. The van der Waals surface area contributed by atoms with E-state index in [1.165, 1.54) is 38.9 Å². The SMILES string of the molecule is CC(C)=CCn1c(C)c(C)c2ccnc(N3CCc4ccccc4C3)c21.Cl. The van der Waals surface area contributed by atoms with Crippen LogP contribution in [0.1, 0.15) is 36.2 Å². The Labute approximate surface area is 168 Å². The Morgan fingerprint density at radius 2 is 1.85 bits per heavy atom. The van der Waals surface area contributed by atoms with Crippen LogP contribution in [0.5, 0.6) is 0 Å². The first-order valence-corrected chi connectivity index (χ1v) is 9.45. The number of aryl methyl sites for hydroxylation is 1. The van der Waals surface area contributed by atoms with Gasteiger partial charge in [-0.3, -0.25) is 0 Å². The molecule has 0 radical (unpaired) electrons. The van der Waals surface area contributed by atoms with Crippen molar-refractivity contribution in [1.82, 2.24) is 9.55 Å². The van der Waals surface area contributed by atoms with E-state index in [2.05, 4.69) is 73.6 Å². The number of allylic oxidation sites excluding steroid dienone is 2. The van der Waals surface area contributed by atoms with E-state index in [0.29, 0.717) is 0 Å². The molecule has 2 aromatic heterocycles. The molecule has 27 heavy (non-hydrogen) atoms.